The third-order valence-corrected chi connectivity index (χ3v) is 5.66. The molecule has 1 aliphatic rings. The van der Waals surface area contributed by atoms with E-state index in [9.17, 15) is 12.8 Å². The molecule has 136 valence electrons. The number of benzene rings is 2. The monoisotopic (exact) mass is 383 g/mol. The average Bonchev–Trinajstić information content (AvgIpc) is 3.32. The number of nitrogens with zero attached hydrogens (tertiary/aromatic N) is 1. The van der Waals surface area contributed by atoms with Gasteiger partial charge in [0, 0.05) is 18.2 Å². The summed E-state index contributed by atoms with van der Waals surface area (Å²) >= 11 is 0. The van der Waals surface area contributed by atoms with E-state index in [4.69, 9.17) is 10.00 Å². The molecular weight excluding hydrogens is 369 g/mol. The zero-order chi connectivity index (χ0) is 19.0. The lowest BCUT2D eigenvalue weighted by Crippen LogP contribution is -2.13. The largest absolute Gasteiger partial charge is 0.492 e. The maximum Gasteiger partial charge on any atom is 0.263 e. The van der Waals surface area contributed by atoms with Crippen LogP contribution in [0.25, 0.3) is 11.3 Å². The first-order chi connectivity index (χ1) is 13.0. The highest BCUT2D eigenvalue weighted by molar-refractivity contribution is 7.92. The molecule has 0 saturated carbocycles. The van der Waals surface area contributed by atoms with Crippen LogP contribution in [0.2, 0.25) is 0 Å². The Bertz CT molecular complexity index is 1180. The Balaban J connectivity index is 1.65. The average molecular weight is 383 g/mol. The lowest BCUT2D eigenvalue weighted by Gasteiger charge is -2.08. The first-order valence-corrected chi connectivity index (χ1v) is 9.62. The standard InChI is InChI=1S/C19H14FN3O3S/c20-16-8-12(10-21)4-5-17(16)23-27(24,25)14-9-18(22-11-14)15-3-1-2-13-6-7-26-19(13)15/h1-5,8-9,11,22-23H,6-7H2. The van der Waals surface area contributed by atoms with Crippen molar-refractivity contribution < 1.29 is 17.5 Å². The van der Waals surface area contributed by atoms with Crippen LogP contribution in [0.5, 0.6) is 5.75 Å². The minimum absolute atomic E-state index is 0.0307. The van der Waals surface area contributed by atoms with Gasteiger partial charge in [-0.3, -0.25) is 4.72 Å². The molecule has 2 aromatic carbocycles. The van der Waals surface area contributed by atoms with Crippen LogP contribution >= 0.6 is 0 Å². The fraction of sp³-hybridized carbons (Fsp3) is 0.105. The Kier molecular flexibility index (Phi) is 4.09. The van der Waals surface area contributed by atoms with Crippen LogP contribution in [0, 0.1) is 17.1 Å². The summed E-state index contributed by atoms with van der Waals surface area (Å²) in [4.78, 5) is 2.91. The van der Waals surface area contributed by atoms with E-state index in [0.29, 0.717) is 12.3 Å². The summed E-state index contributed by atoms with van der Waals surface area (Å²) in [6.45, 7) is 0.595. The van der Waals surface area contributed by atoms with E-state index in [1.165, 1.54) is 24.4 Å². The van der Waals surface area contributed by atoms with Crippen molar-refractivity contribution in [1.29, 1.82) is 5.26 Å². The van der Waals surface area contributed by atoms with Gasteiger partial charge < -0.3 is 9.72 Å². The second kappa shape index (κ2) is 6.45. The van der Waals surface area contributed by atoms with Crippen molar-refractivity contribution >= 4 is 15.7 Å². The molecule has 0 bridgehead atoms. The first-order valence-electron chi connectivity index (χ1n) is 8.14. The number of H-pyrrole nitrogens is 1. The number of hydrogen-bond donors (Lipinski definition) is 2. The summed E-state index contributed by atoms with van der Waals surface area (Å²) in [7, 11) is -4.00. The normalized spacial score (nSPS) is 12.9. The van der Waals surface area contributed by atoms with Crippen molar-refractivity contribution in [3.63, 3.8) is 0 Å². The number of aromatic amines is 1. The van der Waals surface area contributed by atoms with Gasteiger partial charge in [-0.05, 0) is 35.9 Å². The Labute approximate surface area is 155 Å². The van der Waals surface area contributed by atoms with Crippen LogP contribution in [0.3, 0.4) is 0 Å². The molecule has 1 aliphatic heterocycles. The summed E-state index contributed by atoms with van der Waals surface area (Å²) in [5, 5.41) is 8.77. The molecule has 27 heavy (non-hydrogen) atoms. The van der Waals surface area contributed by atoms with Crippen molar-refractivity contribution in [2.24, 2.45) is 0 Å². The molecule has 6 nitrogen and oxygen atoms in total. The smallest absolute Gasteiger partial charge is 0.263 e. The van der Waals surface area contributed by atoms with Crippen molar-refractivity contribution in [2.45, 2.75) is 11.3 Å². The molecule has 0 unspecified atom stereocenters. The Morgan fingerprint density at radius 2 is 2.07 bits per heavy atom. The summed E-state index contributed by atoms with van der Waals surface area (Å²) in [5.74, 6) is -0.0722. The van der Waals surface area contributed by atoms with Gasteiger partial charge in [-0.1, -0.05) is 12.1 Å². The zero-order valence-corrected chi connectivity index (χ0v) is 14.8. The fourth-order valence-electron chi connectivity index (χ4n) is 2.98. The molecule has 2 heterocycles. The number of anilines is 1. The summed E-state index contributed by atoms with van der Waals surface area (Å²) in [6.07, 6.45) is 2.15. The number of ether oxygens (including phenoxy) is 1. The number of hydrogen-bond acceptors (Lipinski definition) is 4. The van der Waals surface area contributed by atoms with Crippen LogP contribution in [0.1, 0.15) is 11.1 Å². The highest BCUT2D eigenvalue weighted by Crippen LogP contribution is 2.37. The fourth-order valence-corrected chi connectivity index (χ4v) is 4.04. The number of sulfonamides is 1. The second-order valence-electron chi connectivity index (χ2n) is 6.05. The number of nitrogens with one attached hydrogen (secondary N) is 2. The van der Waals surface area contributed by atoms with E-state index in [2.05, 4.69) is 9.71 Å². The molecule has 8 heteroatoms. The molecule has 4 rings (SSSR count). The van der Waals surface area contributed by atoms with E-state index < -0.39 is 15.8 Å². The maximum atomic E-state index is 14.0. The van der Waals surface area contributed by atoms with Crippen LogP contribution in [-0.4, -0.2) is 20.0 Å². The summed E-state index contributed by atoms with van der Waals surface area (Å²) in [5.41, 5.74) is 2.33. The van der Waals surface area contributed by atoms with Gasteiger partial charge in [-0.25, -0.2) is 12.8 Å². The summed E-state index contributed by atoms with van der Waals surface area (Å²) in [6, 6.07) is 12.5. The molecule has 0 radical (unpaired) electrons. The maximum absolute atomic E-state index is 14.0. The Morgan fingerprint density at radius 1 is 1.22 bits per heavy atom. The van der Waals surface area contributed by atoms with Crippen molar-refractivity contribution in [1.82, 2.24) is 4.98 Å². The lowest BCUT2D eigenvalue weighted by molar-refractivity contribution is 0.358. The van der Waals surface area contributed by atoms with E-state index in [0.717, 1.165) is 29.4 Å². The molecule has 0 amide bonds. The highest BCUT2D eigenvalue weighted by Gasteiger charge is 2.22. The molecule has 0 aliphatic carbocycles. The van der Waals surface area contributed by atoms with E-state index >= 15 is 0 Å². The van der Waals surface area contributed by atoms with Gasteiger partial charge in [0.15, 0.2) is 0 Å². The van der Waals surface area contributed by atoms with Gasteiger partial charge in [-0.2, -0.15) is 5.26 Å². The van der Waals surface area contributed by atoms with E-state index in [-0.39, 0.29) is 16.1 Å². The third kappa shape index (κ3) is 3.13. The third-order valence-electron chi connectivity index (χ3n) is 4.31. The van der Waals surface area contributed by atoms with E-state index in [1.807, 2.05) is 18.2 Å². The van der Waals surface area contributed by atoms with Crippen LogP contribution < -0.4 is 9.46 Å². The Hall–Kier alpha value is -3.31. The number of rotatable bonds is 4. The van der Waals surface area contributed by atoms with Gasteiger partial charge in [0.2, 0.25) is 0 Å². The molecule has 0 fully saturated rings. The van der Waals surface area contributed by atoms with Crippen molar-refractivity contribution in [3.8, 4) is 23.1 Å². The van der Waals surface area contributed by atoms with Gasteiger partial charge in [-0.15, -0.1) is 0 Å². The molecule has 3 aromatic rings. The molecular formula is C19H14FN3O3S. The van der Waals surface area contributed by atoms with Gasteiger partial charge >= 0.3 is 0 Å². The number of aromatic nitrogens is 1. The quantitative estimate of drug-likeness (QED) is 0.722. The SMILES string of the molecule is N#Cc1ccc(NS(=O)(=O)c2c[nH]c(-c3cccc4c3OCC4)c2)c(F)c1. The van der Waals surface area contributed by atoms with Crippen LogP contribution in [-0.2, 0) is 16.4 Å². The molecule has 2 N–H and O–H groups in total. The van der Waals surface area contributed by atoms with Crippen molar-refractivity contribution in [2.75, 3.05) is 11.3 Å². The zero-order valence-electron chi connectivity index (χ0n) is 14.0. The van der Waals surface area contributed by atoms with Gasteiger partial charge in [0.1, 0.15) is 16.5 Å². The lowest BCUT2D eigenvalue weighted by atomic mass is 10.1. The van der Waals surface area contributed by atoms with Gasteiger partial charge in [0.25, 0.3) is 10.0 Å². The molecule has 0 saturated heterocycles. The topological polar surface area (TPSA) is 95.0 Å². The number of fused-ring (bicyclic) bond motifs is 1. The predicted molar refractivity (Wildman–Crippen MR) is 97.4 cm³/mol. The highest BCUT2D eigenvalue weighted by atomic mass is 32.2. The predicted octanol–water partition coefficient (Wildman–Crippen LogP) is 3.43. The van der Waals surface area contributed by atoms with E-state index in [1.54, 1.807) is 6.07 Å². The Morgan fingerprint density at radius 3 is 2.85 bits per heavy atom. The molecule has 0 atom stereocenters. The molecule has 0 spiro atoms. The van der Waals surface area contributed by atoms with Crippen molar-refractivity contribution in [3.05, 3.63) is 65.6 Å². The number of para-hydroxylation sites is 1. The second-order valence-corrected chi connectivity index (χ2v) is 7.74. The number of nitriles is 1. The van der Waals surface area contributed by atoms with Crippen LogP contribution in [0.4, 0.5) is 10.1 Å². The van der Waals surface area contributed by atoms with Crippen LogP contribution in [0.15, 0.2) is 53.6 Å². The number of halogens is 1. The molecule has 1 aromatic heterocycles. The van der Waals surface area contributed by atoms with Gasteiger partial charge in [0.05, 0.1) is 29.6 Å². The minimum atomic E-state index is -4.00. The minimum Gasteiger partial charge on any atom is -0.492 e. The summed E-state index contributed by atoms with van der Waals surface area (Å²) < 4.78 is 47.0. The first kappa shape index (κ1) is 17.1.